The predicted molar refractivity (Wildman–Crippen MR) is 70.4 cm³/mol. The first-order chi connectivity index (χ1) is 9.04. The first kappa shape index (κ1) is 15.6. The molecule has 0 aliphatic rings. The number of ether oxygens (including phenoxy) is 2. The topological polar surface area (TPSA) is 47.6 Å². The van der Waals surface area contributed by atoms with Crippen LogP contribution in [0.5, 0.6) is 0 Å². The summed E-state index contributed by atoms with van der Waals surface area (Å²) < 4.78 is 23.3. The number of rotatable bonds is 7. The van der Waals surface area contributed by atoms with Gasteiger partial charge in [0, 0.05) is 7.11 Å². The number of nitrogens with one attached hydrogen (secondary N) is 1. The summed E-state index contributed by atoms with van der Waals surface area (Å²) in [4.78, 5) is 11.6. The van der Waals surface area contributed by atoms with Crippen molar-refractivity contribution in [2.24, 2.45) is 0 Å². The summed E-state index contributed by atoms with van der Waals surface area (Å²) in [5.74, 6) is -0.500. The summed E-state index contributed by atoms with van der Waals surface area (Å²) in [6, 6.07) is 4.68. The van der Waals surface area contributed by atoms with Gasteiger partial charge in [0.05, 0.1) is 19.3 Å². The van der Waals surface area contributed by atoms with E-state index in [1.807, 2.05) is 0 Å². The molecule has 1 aromatic carbocycles. The fourth-order valence-electron chi connectivity index (χ4n) is 1.55. The zero-order valence-electron chi connectivity index (χ0n) is 11.5. The van der Waals surface area contributed by atoms with E-state index in [9.17, 15) is 9.18 Å². The van der Waals surface area contributed by atoms with Gasteiger partial charge in [0.15, 0.2) is 0 Å². The first-order valence-corrected chi connectivity index (χ1v) is 6.16. The fourth-order valence-corrected chi connectivity index (χ4v) is 1.55. The number of hydrogen-bond donors (Lipinski definition) is 1. The lowest BCUT2D eigenvalue weighted by Gasteiger charge is -2.15. The van der Waals surface area contributed by atoms with Crippen molar-refractivity contribution in [1.82, 2.24) is 5.32 Å². The van der Waals surface area contributed by atoms with Crippen LogP contribution >= 0.6 is 0 Å². The quantitative estimate of drug-likeness (QED) is 0.770. The summed E-state index contributed by atoms with van der Waals surface area (Å²) >= 11 is 0. The average Bonchev–Trinajstić information content (AvgIpc) is 2.38. The van der Waals surface area contributed by atoms with Crippen LogP contribution in [0.4, 0.5) is 4.39 Å². The normalized spacial score (nSPS) is 12.2. The molecule has 1 N–H and O–H groups in total. The van der Waals surface area contributed by atoms with E-state index in [4.69, 9.17) is 9.47 Å². The summed E-state index contributed by atoms with van der Waals surface area (Å²) in [7, 11) is 1.57. The Bertz CT molecular complexity index is 423. The second kappa shape index (κ2) is 7.86. The Hall–Kier alpha value is -1.46. The number of halogens is 1. The van der Waals surface area contributed by atoms with Crippen LogP contribution < -0.4 is 5.32 Å². The highest BCUT2D eigenvalue weighted by atomic mass is 19.1. The summed E-state index contributed by atoms with van der Waals surface area (Å²) in [5.41, 5.74) is 1.32. The van der Waals surface area contributed by atoms with E-state index in [1.54, 1.807) is 33.1 Å². The van der Waals surface area contributed by atoms with Crippen molar-refractivity contribution >= 4 is 5.91 Å². The van der Waals surface area contributed by atoms with Gasteiger partial charge in [-0.05, 0) is 31.0 Å². The lowest BCUT2D eigenvalue weighted by molar-refractivity contribution is -0.126. The molecule has 0 aromatic heterocycles. The Kier molecular flexibility index (Phi) is 6.45. The number of hydrogen-bond acceptors (Lipinski definition) is 3. The SMILES string of the molecule is COCCOCC(=O)NC(C)c1ccc(C)c(F)c1. The maximum absolute atomic E-state index is 13.4. The third-order valence-corrected chi connectivity index (χ3v) is 2.74. The lowest BCUT2D eigenvalue weighted by Crippen LogP contribution is -2.30. The van der Waals surface area contributed by atoms with Crippen LogP contribution in [0.1, 0.15) is 24.1 Å². The van der Waals surface area contributed by atoms with Crippen LogP contribution in [0.3, 0.4) is 0 Å². The lowest BCUT2D eigenvalue weighted by atomic mass is 10.1. The standard InChI is InChI=1S/C14H20FNO3/c1-10-4-5-12(8-13(10)15)11(2)16-14(17)9-19-7-6-18-3/h4-5,8,11H,6-7,9H2,1-3H3,(H,16,17). The molecule has 19 heavy (non-hydrogen) atoms. The molecule has 1 rings (SSSR count). The highest BCUT2D eigenvalue weighted by molar-refractivity contribution is 5.77. The van der Waals surface area contributed by atoms with Gasteiger partial charge < -0.3 is 14.8 Å². The van der Waals surface area contributed by atoms with Gasteiger partial charge in [-0.1, -0.05) is 12.1 Å². The Morgan fingerprint density at radius 1 is 1.42 bits per heavy atom. The number of carbonyl (C=O) groups is 1. The third kappa shape index (κ3) is 5.36. The predicted octanol–water partition coefficient (Wildman–Crippen LogP) is 1.97. The minimum absolute atomic E-state index is 0.0258. The molecule has 0 saturated carbocycles. The van der Waals surface area contributed by atoms with Crippen LogP contribution in [0.15, 0.2) is 18.2 Å². The highest BCUT2D eigenvalue weighted by Gasteiger charge is 2.11. The highest BCUT2D eigenvalue weighted by Crippen LogP contribution is 2.16. The zero-order valence-corrected chi connectivity index (χ0v) is 11.5. The van der Waals surface area contributed by atoms with Crippen molar-refractivity contribution in [3.8, 4) is 0 Å². The summed E-state index contributed by atoms with van der Waals surface area (Å²) in [6.07, 6.45) is 0. The molecule has 1 atom stereocenters. The molecule has 5 heteroatoms. The van der Waals surface area contributed by atoms with Crippen LogP contribution in [-0.4, -0.2) is 32.8 Å². The van der Waals surface area contributed by atoms with E-state index in [0.717, 1.165) is 5.56 Å². The van der Waals surface area contributed by atoms with Crippen molar-refractivity contribution in [2.45, 2.75) is 19.9 Å². The van der Waals surface area contributed by atoms with E-state index in [0.29, 0.717) is 18.8 Å². The van der Waals surface area contributed by atoms with Crippen LogP contribution in [-0.2, 0) is 14.3 Å². The third-order valence-electron chi connectivity index (χ3n) is 2.74. The maximum atomic E-state index is 13.4. The van der Waals surface area contributed by atoms with E-state index >= 15 is 0 Å². The van der Waals surface area contributed by atoms with E-state index < -0.39 is 0 Å². The monoisotopic (exact) mass is 269 g/mol. The number of amides is 1. The molecule has 0 bridgehead atoms. The van der Waals surface area contributed by atoms with E-state index in [-0.39, 0.29) is 24.4 Å². The maximum Gasteiger partial charge on any atom is 0.246 e. The molecule has 0 aliphatic carbocycles. The summed E-state index contributed by atoms with van der Waals surface area (Å²) in [6.45, 7) is 4.30. The van der Waals surface area contributed by atoms with Gasteiger partial charge in [0.1, 0.15) is 12.4 Å². The Labute approximate surface area is 112 Å². The van der Waals surface area contributed by atoms with Crippen molar-refractivity contribution in [3.05, 3.63) is 35.1 Å². The van der Waals surface area contributed by atoms with Crippen LogP contribution in [0, 0.1) is 12.7 Å². The van der Waals surface area contributed by atoms with Crippen molar-refractivity contribution < 1.29 is 18.7 Å². The number of methoxy groups -OCH3 is 1. The first-order valence-electron chi connectivity index (χ1n) is 6.16. The van der Waals surface area contributed by atoms with Crippen LogP contribution in [0.2, 0.25) is 0 Å². The molecule has 0 saturated heterocycles. The molecule has 0 spiro atoms. The molecule has 0 fully saturated rings. The van der Waals surface area contributed by atoms with Crippen LogP contribution in [0.25, 0.3) is 0 Å². The van der Waals surface area contributed by atoms with Crippen molar-refractivity contribution in [1.29, 1.82) is 0 Å². The molecule has 0 aliphatic heterocycles. The summed E-state index contributed by atoms with van der Waals surface area (Å²) in [5, 5.41) is 2.75. The van der Waals surface area contributed by atoms with Gasteiger partial charge in [-0.3, -0.25) is 4.79 Å². The number of aryl methyl sites for hydroxylation is 1. The molecule has 1 amide bonds. The van der Waals surface area contributed by atoms with Gasteiger partial charge in [0.2, 0.25) is 5.91 Å². The molecule has 0 heterocycles. The molecule has 1 aromatic rings. The molecule has 0 radical (unpaired) electrons. The van der Waals surface area contributed by atoms with Crippen molar-refractivity contribution in [3.63, 3.8) is 0 Å². The minimum atomic E-state index is -0.269. The van der Waals surface area contributed by atoms with Crippen molar-refractivity contribution in [2.75, 3.05) is 26.9 Å². The fraction of sp³-hybridized carbons (Fsp3) is 0.500. The van der Waals surface area contributed by atoms with E-state index in [2.05, 4.69) is 5.32 Å². The number of carbonyl (C=O) groups excluding carboxylic acids is 1. The van der Waals surface area contributed by atoms with Gasteiger partial charge in [-0.25, -0.2) is 4.39 Å². The molecule has 106 valence electrons. The van der Waals surface area contributed by atoms with E-state index in [1.165, 1.54) is 6.07 Å². The molecule has 1 unspecified atom stereocenters. The smallest absolute Gasteiger partial charge is 0.246 e. The Morgan fingerprint density at radius 3 is 2.79 bits per heavy atom. The molecular formula is C14H20FNO3. The Balaban J connectivity index is 2.43. The number of benzene rings is 1. The molecular weight excluding hydrogens is 249 g/mol. The molecule has 4 nitrogen and oxygen atoms in total. The zero-order chi connectivity index (χ0) is 14.3. The van der Waals surface area contributed by atoms with Gasteiger partial charge in [0.25, 0.3) is 0 Å². The Morgan fingerprint density at radius 2 is 2.16 bits per heavy atom. The van der Waals surface area contributed by atoms with Gasteiger partial charge >= 0.3 is 0 Å². The van der Waals surface area contributed by atoms with Gasteiger partial charge in [-0.2, -0.15) is 0 Å². The second-order valence-electron chi connectivity index (χ2n) is 4.34. The minimum Gasteiger partial charge on any atom is -0.382 e. The largest absolute Gasteiger partial charge is 0.382 e. The van der Waals surface area contributed by atoms with Gasteiger partial charge in [-0.15, -0.1) is 0 Å². The second-order valence-corrected chi connectivity index (χ2v) is 4.34. The average molecular weight is 269 g/mol.